The van der Waals surface area contributed by atoms with Crippen molar-refractivity contribution in [2.24, 2.45) is 0 Å². The molecule has 144 valence electrons. The average Bonchev–Trinajstić information content (AvgIpc) is 2.73. The first-order valence-corrected chi connectivity index (χ1v) is 8.74. The third kappa shape index (κ3) is 5.58. The number of rotatable bonds is 7. The molecule has 0 aliphatic carbocycles. The zero-order valence-electron chi connectivity index (χ0n) is 15.2. The first kappa shape index (κ1) is 21.5. The van der Waals surface area contributed by atoms with Crippen molar-refractivity contribution < 1.29 is 19.3 Å². The summed E-state index contributed by atoms with van der Waals surface area (Å²) in [6.45, 7) is 0.280. The van der Waals surface area contributed by atoms with E-state index >= 15 is 0 Å². The van der Waals surface area contributed by atoms with E-state index in [2.05, 4.69) is 5.32 Å². The van der Waals surface area contributed by atoms with Gasteiger partial charge in [-0.05, 0) is 11.1 Å². The van der Waals surface area contributed by atoms with Gasteiger partial charge in [-0.25, -0.2) is 0 Å². The fraction of sp³-hybridized carbons (Fsp3) is 0.136. The number of pyridine rings is 1. The highest BCUT2D eigenvalue weighted by Gasteiger charge is 2.13. The van der Waals surface area contributed by atoms with Gasteiger partial charge in [-0.2, -0.15) is 4.57 Å². The average molecular weight is 442 g/mol. The molecule has 0 aliphatic heterocycles. The lowest BCUT2D eigenvalue weighted by molar-refractivity contribution is -0.684. The number of nitrogens with zero attached hydrogens (tertiary/aromatic N) is 1. The standard InChI is InChI=1S/C22H20N2O3.BrH/c25-15-12-23-21(26)16-24-13-10-20(11-14-24)22(27)19-8-6-18(7-9-19)17-4-2-1-3-5-17;/h1-11,13-14,25H,12,15-16H2;1H/p+1. The van der Waals surface area contributed by atoms with Crippen molar-refractivity contribution in [1.29, 1.82) is 0 Å². The van der Waals surface area contributed by atoms with Gasteiger partial charge in [-0.1, -0.05) is 54.6 Å². The molecule has 6 heteroatoms. The molecule has 1 heterocycles. The minimum absolute atomic E-state index is 0. The molecule has 3 rings (SSSR count). The van der Waals surface area contributed by atoms with Gasteiger partial charge in [0.15, 0.2) is 18.2 Å². The first-order valence-electron chi connectivity index (χ1n) is 8.74. The lowest BCUT2D eigenvalue weighted by Gasteiger charge is -2.04. The van der Waals surface area contributed by atoms with Crippen molar-refractivity contribution >= 4 is 28.7 Å². The molecule has 0 atom stereocenters. The minimum Gasteiger partial charge on any atom is -0.395 e. The van der Waals surface area contributed by atoms with Gasteiger partial charge in [0.05, 0.1) is 6.61 Å². The zero-order valence-corrected chi connectivity index (χ0v) is 17.0. The minimum atomic E-state index is -0.190. The number of hydrogen-bond donors (Lipinski definition) is 2. The molecule has 0 saturated heterocycles. The van der Waals surface area contributed by atoms with Crippen molar-refractivity contribution in [3.63, 3.8) is 0 Å². The van der Waals surface area contributed by atoms with Gasteiger partial charge in [0, 0.05) is 29.8 Å². The van der Waals surface area contributed by atoms with Crippen LogP contribution in [0.4, 0.5) is 0 Å². The summed E-state index contributed by atoms with van der Waals surface area (Å²) in [7, 11) is 0. The van der Waals surface area contributed by atoms with Crippen LogP contribution in [0, 0.1) is 0 Å². The Balaban J connectivity index is 0.00000280. The largest absolute Gasteiger partial charge is 0.395 e. The number of nitrogens with one attached hydrogen (secondary N) is 1. The summed E-state index contributed by atoms with van der Waals surface area (Å²) >= 11 is 0. The number of aliphatic hydroxyl groups excluding tert-OH is 1. The van der Waals surface area contributed by atoms with E-state index in [-0.39, 0.29) is 48.4 Å². The molecule has 0 unspecified atom stereocenters. The lowest BCUT2D eigenvalue weighted by atomic mass is 10.00. The first-order chi connectivity index (χ1) is 13.2. The Hall–Kier alpha value is -2.83. The molecular formula is C22H22BrN2O3+. The predicted molar refractivity (Wildman–Crippen MR) is 112 cm³/mol. The fourth-order valence-electron chi connectivity index (χ4n) is 2.74. The number of aliphatic hydroxyl groups is 1. The van der Waals surface area contributed by atoms with Crippen LogP contribution in [0.2, 0.25) is 0 Å². The van der Waals surface area contributed by atoms with Crippen molar-refractivity contribution in [1.82, 2.24) is 5.32 Å². The fourth-order valence-corrected chi connectivity index (χ4v) is 2.74. The summed E-state index contributed by atoms with van der Waals surface area (Å²) in [5.74, 6) is -0.254. The normalized spacial score (nSPS) is 10.0. The van der Waals surface area contributed by atoms with Crippen LogP contribution in [0.1, 0.15) is 15.9 Å². The van der Waals surface area contributed by atoms with Crippen LogP contribution in [0.3, 0.4) is 0 Å². The summed E-state index contributed by atoms with van der Waals surface area (Å²) in [4.78, 5) is 24.3. The van der Waals surface area contributed by atoms with E-state index in [4.69, 9.17) is 5.11 Å². The third-order valence-corrected chi connectivity index (χ3v) is 4.17. The van der Waals surface area contributed by atoms with Gasteiger partial charge in [-0.15, -0.1) is 17.0 Å². The van der Waals surface area contributed by atoms with E-state index in [0.29, 0.717) is 11.1 Å². The summed E-state index contributed by atoms with van der Waals surface area (Å²) in [5, 5.41) is 11.3. The molecule has 0 saturated carbocycles. The molecule has 1 aromatic heterocycles. The number of ketones is 1. The van der Waals surface area contributed by atoms with Crippen LogP contribution in [-0.4, -0.2) is 29.9 Å². The van der Waals surface area contributed by atoms with E-state index in [0.717, 1.165) is 11.1 Å². The maximum atomic E-state index is 12.7. The van der Waals surface area contributed by atoms with Crippen LogP contribution in [0.15, 0.2) is 79.1 Å². The Morgan fingerprint density at radius 1 is 0.821 bits per heavy atom. The van der Waals surface area contributed by atoms with Gasteiger partial charge >= 0.3 is 0 Å². The maximum Gasteiger partial charge on any atom is 0.286 e. The summed E-state index contributed by atoms with van der Waals surface area (Å²) < 4.78 is 1.68. The van der Waals surface area contributed by atoms with E-state index in [1.54, 1.807) is 29.1 Å². The molecule has 0 radical (unpaired) electrons. The third-order valence-electron chi connectivity index (χ3n) is 4.17. The molecule has 3 aromatic rings. The Labute approximate surface area is 174 Å². The van der Waals surface area contributed by atoms with Crippen LogP contribution in [0.5, 0.6) is 0 Å². The van der Waals surface area contributed by atoms with E-state index in [1.165, 1.54) is 0 Å². The van der Waals surface area contributed by atoms with Crippen LogP contribution in [0.25, 0.3) is 11.1 Å². The zero-order chi connectivity index (χ0) is 19.1. The van der Waals surface area contributed by atoms with Gasteiger partial charge in [0.25, 0.3) is 5.91 Å². The molecular weight excluding hydrogens is 420 g/mol. The predicted octanol–water partition coefficient (Wildman–Crippen LogP) is 2.56. The Bertz CT molecular complexity index is 911. The second kappa shape index (κ2) is 10.5. The highest BCUT2D eigenvalue weighted by Crippen LogP contribution is 2.20. The smallest absolute Gasteiger partial charge is 0.286 e. The number of carbonyl (C=O) groups excluding carboxylic acids is 2. The molecule has 0 bridgehead atoms. The van der Waals surface area contributed by atoms with Crippen LogP contribution < -0.4 is 9.88 Å². The monoisotopic (exact) mass is 441 g/mol. The van der Waals surface area contributed by atoms with Gasteiger partial charge in [0.1, 0.15) is 0 Å². The second-order valence-electron chi connectivity index (χ2n) is 6.11. The molecule has 1 amide bonds. The van der Waals surface area contributed by atoms with E-state index in [9.17, 15) is 9.59 Å². The number of aromatic nitrogens is 1. The molecule has 0 spiro atoms. The van der Waals surface area contributed by atoms with Crippen molar-refractivity contribution in [2.45, 2.75) is 6.54 Å². The molecule has 2 aromatic carbocycles. The van der Waals surface area contributed by atoms with Crippen molar-refractivity contribution in [2.75, 3.05) is 13.2 Å². The number of halogens is 1. The SMILES string of the molecule is Br.O=C(C[n+]1ccc(C(=O)c2ccc(-c3ccccc3)cc2)cc1)NCCO. The van der Waals surface area contributed by atoms with E-state index < -0.39 is 0 Å². The Morgan fingerprint density at radius 3 is 2.00 bits per heavy atom. The van der Waals surface area contributed by atoms with Crippen molar-refractivity contribution in [3.05, 3.63) is 90.3 Å². The summed E-state index contributed by atoms with van der Waals surface area (Å²) in [5.41, 5.74) is 3.35. The lowest BCUT2D eigenvalue weighted by Crippen LogP contribution is -2.43. The topological polar surface area (TPSA) is 70.3 Å². The van der Waals surface area contributed by atoms with Gasteiger partial charge in [-0.3, -0.25) is 9.59 Å². The molecule has 5 nitrogen and oxygen atoms in total. The number of hydrogen-bond acceptors (Lipinski definition) is 3. The second-order valence-corrected chi connectivity index (χ2v) is 6.11. The van der Waals surface area contributed by atoms with E-state index in [1.807, 2.05) is 54.6 Å². The van der Waals surface area contributed by atoms with Crippen molar-refractivity contribution in [3.8, 4) is 11.1 Å². The van der Waals surface area contributed by atoms with Gasteiger partial charge < -0.3 is 10.4 Å². The highest BCUT2D eigenvalue weighted by atomic mass is 79.9. The number of amides is 1. The summed E-state index contributed by atoms with van der Waals surface area (Å²) in [6.07, 6.45) is 3.40. The Kier molecular flexibility index (Phi) is 8.04. The Morgan fingerprint density at radius 2 is 1.39 bits per heavy atom. The molecule has 0 aliphatic rings. The molecule has 0 fully saturated rings. The molecule has 28 heavy (non-hydrogen) atoms. The van der Waals surface area contributed by atoms with Gasteiger partial charge in [0.2, 0.25) is 6.54 Å². The number of benzene rings is 2. The quantitative estimate of drug-likeness (QED) is 0.437. The maximum absolute atomic E-state index is 12.7. The summed E-state index contributed by atoms with van der Waals surface area (Å²) in [6, 6.07) is 20.9. The number of carbonyl (C=O) groups is 2. The van der Waals surface area contributed by atoms with Crippen LogP contribution >= 0.6 is 17.0 Å². The molecule has 2 N–H and O–H groups in total. The van der Waals surface area contributed by atoms with Crippen LogP contribution in [-0.2, 0) is 11.3 Å². The highest BCUT2D eigenvalue weighted by molar-refractivity contribution is 8.93.